The Morgan fingerprint density at radius 1 is 1.17 bits per heavy atom. The highest BCUT2D eigenvalue weighted by Crippen LogP contribution is 2.22. The molecule has 0 aliphatic heterocycles. The molecule has 2 heteroatoms. The topological polar surface area (TPSA) is 23.5 Å². The van der Waals surface area contributed by atoms with E-state index in [1.807, 2.05) is 30.3 Å². The van der Waals surface area contributed by atoms with Crippen LogP contribution in [0.2, 0.25) is 0 Å². The average Bonchev–Trinajstić information content (AvgIpc) is 2.39. The lowest BCUT2D eigenvalue weighted by molar-refractivity contribution is 0.0945. The molecule has 2 unspecified atom stereocenters. The molecule has 0 aliphatic carbocycles. The first kappa shape index (κ1) is 15.2. The third-order valence-electron chi connectivity index (χ3n) is 3.42. The molecule has 18 heavy (non-hydrogen) atoms. The molecule has 2 atom stereocenters. The first-order valence-corrected chi connectivity index (χ1v) is 7.06. The molecule has 0 spiro atoms. The van der Waals surface area contributed by atoms with Crippen LogP contribution < -0.4 is 0 Å². The number of aliphatic hydroxyl groups excluding tert-OH is 1. The van der Waals surface area contributed by atoms with E-state index >= 15 is 0 Å². The van der Waals surface area contributed by atoms with Crippen molar-refractivity contribution in [3.8, 4) is 0 Å². The summed E-state index contributed by atoms with van der Waals surface area (Å²) in [7, 11) is 2.14. The van der Waals surface area contributed by atoms with Crippen molar-refractivity contribution in [3.05, 3.63) is 35.9 Å². The van der Waals surface area contributed by atoms with Gasteiger partial charge in [-0.25, -0.2) is 0 Å². The molecule has 1 aromatic rings. The van der Waals surface area contributed by atoms with E-state index in [9.17, 15) is 5.11 Å². The first-order valence-electron chi connectivity index (χ1n) is 7.06. The molecule has 102 valence electrons. The van der Waals surface area contributed by atoms with Crippen LogP contribution in [0, 0.1) is 5.92 Å². The lowest BCUT2D eigenvalue weighted by Gasteiger charge is -2.25. The first-order chi connectivity index (χ1) is 8.65. The van der Waals surface area contributed by atoms with Gasteiger partial charge in [-0.2, -0.15) is 0 Å². The summed E-state index contributed by atoms with van der Waals surface area (Å²) < 4.78 is 0. The molecular formula is C16H27NO. The lowest BCUT2D eigenvalue weighted by atomic mass is 9.97. The molecular weight excluding hydrogens is 222 g/mol. The summed E-state index contributed by atoms with van der Waals surface area (Å²) in [6.07, 6.45) is 3.44. The summed E-state index contributed by atoms with van der Waals surface area (Å²) in [5, 5.41) is 10.3. The number of rotatable bonds is 8. The second kappa shape index (κ2) is 8.28. The standard InChI is InChI=1S/C16H27NO/c1-4-5-9-12-17(3)13-14(2)16(18)15-10-7-6-8-11-15/h6-8,10-11,14,16,18H,4-5,9,12-13H2,1-3H3. The molecule has 0 saturated heterocycles. The molecule has 0 saturated carbocycles. The van der Waals surface area contributed by atoms with E-state index in [1.54, 1.807) is 0 Å². The highest BCUT2D eigenvalue weighted by molar-refractivity contribution is 5.17. The molecule has 0 aliphatic rings. The van der Waals surface area contributed by atoms with Crippen LogP contribution in [0.25, 0.3) is 0 Å². The van der Waals surface area contributed by atoms with Gasteiger partial charge >= 0.3 is 0 Å². The summed E-state index contributed by atoms with van der Waals surface area (Å²) in [6.45, 7) is 6.41. The normalized spacial score (nSPS) is 14.7. The van der Waals surface area contributed by atoms with Crippen molar-refractivity contribution >= 4 is 0 Å². The molecule has 1 aromatic carbocycles. The fraction of sp³-hybridized carbons (Fsp3) is 0.625. The minimum absolute atomic E-state index is 0.263. The van der Waals surface area contributed by atoms with E-state index in [2.05, 4.69) is 25.8 Å². The van der Waals surface area contributed by atoms with Crippen LogP contribution in [0.5, 0.6) is 0 Å². The van der Waals surface area contributed by atoms with E-state index in [0.29, 0.717) is 0 Å². The van der Waals surface area contributed by atoms with Gasteiger partial charge in [0.1, 0.15) is 0 Å². The number of hydrogen-bond donors (Lipinski definition) is 1. The highest BCUT2D eigenvalue weighted by Gasteiger charge is 2.17. The summed E-state index contributed by atoms with van der Waals surface area (Å²) in [4.78, 5) is 2.33. The van der Waals surface area contributed by atoms with E-state index < -0.39 is 0 Å². The summed E-state index contributed by atoms with van der Waals surface area (Å²) in [5.74, 6) is 0.263. The highest BCUT2D eigenvalue weighted by atomic mass is 16.3. The minimum atomic E-state index is -0.361. The van der Waals surface area contributed by atoms with Crippen molar-refractivity contribution in [2.75, 3.05) is 20.1 Å². The van der Waals surface area contributed by atoms with E-state index in [0.717, 1.165) is 18.7 Å². The number of benzene rings is 1. The van der Waals surface area contributed by atoms with Gasteiger partial charge in [0, 0.05) is 6.54 Å². The van der Waals surface area contributed by atoms with Gasteiger partial charge in [-0.1, -0.05) is 57.0 Å². The van der Waals surface area contributed by atoms with Crippen LogP contribution in [-0.2, 0) is 0 Å². The Labute approximate surface area is 112 Å². The van der Waals surface area contributed by atoms with E-state index in [1.165, 1.54) is 19.3 Å². The number of hydrogen-bond acceptors (Lipinski definition) is 2. The predicted molar refractivity (Wildman–Crippen MR) is 77.6 cm³/mol. The molecule has 0 bridgehead atoms. The quantitative estimate of drug-likeness (QED) is 0.713. The van der Waals surface area contributed by atoms with Gasteiger partial charge in [0.25, 0.3) is 0 Å². The van der Waals surface area contributed by atoms with Gasteiger partial charge in [0.15, 0.2) is 0 Å². The van der Waals surface area contributed by atoms with Gasteiger partial charge in [-0.05, 0) is 31.5 Å². The van der Waals surface area contributed by atoms with Gasteiger partial charge in [-0.3, -0.25) is 0 Å². The van der Waals surface area contributed by atoms with Gasteiger partial charge in [0.2, 0.25) is 0 Å². The Morgan fingerprint density at radius 3 is 2.44 bits per heavy atom. The van der Waals surface area contributed by atoms with Gasteiger partial charge in [0.05, 0.1) is 6.10 Å². The maximum atomic E-state index is 10.3. The third kappa shape index (κ3) is 5.19. The smallest absolute Gasteiger partial charge is 0.0827 e. The monoisotopic (exact) mass is 249 g/mol. The molecule has 0 fully saturated rings. The fourth-order valence-corrected chi connectivity index (χ4v) is 2.29. The van der Waals surface area contributed by atoms with Crippen LogP contribution >= 0.6 is 0 Å². The van der Waals surface area contributed by atoms with Crippen molar-refractivity contribution in [3.63, 3.8) is 0 Å². The van der Waals surface area contributed by atoms with Crippen LogP contribution in [0.15, 0.2) is 30.3 Å². The SMILES string of the molecule is CCCCCN(C)CC(C)C(O)c1ccccc1. The maximum absolute atomic E-state index is 10.3. The molecule has 1 rings (SSSR count). The van der Waals surface area contributed by atoms with Crippen LogP contribution in [0.3, 0.4) is 0 Å². The second-order valence-corrected chi connectivity index (χ2v) is 5.30. The second-order valence-electron chi connectivity index (χ2n) is 5.30. The molecule has 0 heterocycles. The number of aliphatic hydroxyl groups is 1. The Balaban J connectivity index is 2.37. The molecule has 0 amide bonds. The number of unbranched alkanes of at least 4 members (excludes halogenated alkanes) is 2. The van der Waals surface area contributed by atoms with Crippen molar-refractivity contribution in [1.82, 2.24) is 4.90 Å². The number of nitrogens with zero attached hydrogens (tertiary/aromatic N) is 1. The Hall–Kier alpha value is -0.860. The van der Waals surface area contributed by atoms with Crippen LogP contribution in [0.4, 0.5) is 0 Å². The lowest BCUT2D eigenvalue weighted by Crippen LogP contribution is -2.28. The zero-order valence-electron chi connectivity index (χ0n) is 12.0. The predicted octanol–water partition coefficient (Wildman–Crippen LogP) is 3.48. The van der Waals surface area contributed by atoms with Crippen LogP contribution in [0.1, 0.15) is 44.8 Å². The van der Waals surface area contributed by atoms with E-state index in [4.69, 9.17) is 0 Å². The van der Waals surface area contributed by atoms with Crippen molar-refractivity contribution in [2.24, 2.45) is 5.92 Å². The Bertz CT molecular complexity index is 312. The Kier molecular flexibility index (Phi) is 6.99. The fourth-order valence-electron chi connectivity index (χ4n) is 2.29. The summed E-state index contributed by atoms with van der Waals surface area (Å²) in [6, 6.07) is 9.95. The average molecular weight is 249 g/mol. The summed E-state index contributed by atoms with van der Waals surface area (Å²) in [5.41, 5.74) is 1.02. The zero-order chi connectivity index (χ0) is 13.4. The van der Waals surface area contributed by atoms with Gasteiger partial charge in [-0.15, -0.1) is 0 Å². The van der Waals surface area contributed by atoms with E-state index in [-0.39, 0.29) is 12.0 Å². The third-order valence-corrected chi connectivity index (χ3v) is 3.42. The largest absolute Gasteiger partial charge is 0.388 e. The molecule has 1 N–H and O–H groups in total. The molecule has 0 aromatic heterocycles. The van der Waals surface area contributed by atoms with Crippen LogP contribution in [-0.4, -0.2) is 30.1 Å². The van der Waals surface area contributed by atoms with Gasteiger partial charge < -0.3 is 10.0 Å². The zero-order valence-corrected chi connectivity index (χ0v) is 12.0. The van der Waals surface area contributed by atoms with Crippen molar-refractivity contribution < 1.29 is 5.11 Å². The summed E-state index contributed by atoms with van der Waals surface area (Å²) >= 11 is 0. The Morgan fingerprint density at radius 2 is 1.83 bits per heavy atom. The molecule has 2 nitrogen and oxygen atoms in total. The molecule has 0 radical (unpaired) electrons. The minimum Gasteiger partial charge on any atom is -0.388 e. The maximum Gasteiger partial charge on any atom is 0.0827 e. The van der Waals surface area contributed by atoms with Crippen molar-refractivity contribution in [2.45, 2.75) is 39.2 Å². The van der Waals surface area contributed by atoms with Crippen molar-refractivity contribution in [1.29, 1.82) is 0 Å².